The third kappa shape index (κ3) is 2.94. The Labute approximate surface area is 128 Å². The fourth-order valence-corrected chi connectivity index (χ4v) is 3.12. The van der Waals surface area contributed by atoms with Gasteiger partial charge in [-0.05, 0) is 28.7 Å². The molecule has 2 atom stereocenters. The lowest BCUT2D eigenvalue weighted by Crippen LogP contribution is -2.16. The number of nitrogens with zero attached hydrogens (tertiary/aromatic N) is 2. The van der Waals surface area contributed by atoms with Gasteiger partial charge in [0.2, 0.25) is 5.91 Å². The molecule has 1 heterocycles. The summed E-state index contributed by atoms with van der Waals surface area (Å²) in [6, 6.07) is 0. The Balaban J connectivity index is 2.06. The summed E-state index contributed by atoms with van der Waals surface area (Å²) in [5, 5.41) is 13.2. The molecule has 0 aliphatic heterocycles. The summed E-state index contributed by atoms with van der Waals surface area (Å²) >= 11 is 12.1. The van der Waals surface area contributed by atoms with E-state index in [4.69, 9.17) is 23.2 Å². The monoisotopic (exact) mass is 335 g/mol. The lowest BCUT2D eigenvalue weighted by Gasteiger charge is -2.01. The third-order valence-corrected chi connectivity index (χ3v) is 4.52. The molecule has 0 bridgehead atoms. The van der Waals surface area contributed by atoms with E-state index in [0.29, 0.717) is 0 Å². The molecule has 1 fully saturated rings. The second kappa shape index (κ2) is 5.31. The van der Waals surface area contributed by atoms with Crippen LogP contribution < -0.4 is 5.32 Å². The van der Waals surface area contributed by atoms with Crippen LogP contribution in [0.4, 0.5) is 10.1 Å². The molecular weight excluding hydrogens is 325 g/mol. The lowest BCUT2D eigenvalue weighted by molar-refractivity contribution is -0.380. The van der Waals surface area contributed by atoms with Crippen LogP contribution in [0.3, 0.4) is 0 Å². The first kappa shape index (κ1) is 15.2. The van der Waals surface area contributed by atoms with Crippen molar-refractivity contribution in [2.45, 2.75) is 13.8 Å². The average molecular weight is 336 g/mol. The summed E-state index contributed by atoms with van der Waals surface area (Å²) in [5.74, 6) is -0.574. The smallest absolute Gasteiger partial charge is 0.302 e. The second-order valence-electron chi connectivity index (χ2n) is 5.03. The van der Waals surface area contributed by atoms with Crippen molar-refractivity contribution < 1.29 is 9.72 Å². The van der Waals surface area contributed by atoms with Crippen LogP contribution in [0.1, 0.15) is 13.8 Å². The molecule has 1 saturated carbocycles. The number of rotatable bonds is 4. The fourth-order valence-electron chi connectivity index (χ4n) is 2.22. The maximum absolute atomic E-state index is 12.1. The number of nitro groups is 1. The van der Waals surface area contributed by atoms with Gasteiger partial charge in [0.25, 0.3) is 0 Å². The van der Waals surface area contributed by atoms with E-state index in [1.807, 2.05) is 13.8 Å². The lowest BCUT2D eigenvalue weighted by atomic mass is 10.1. The van der Waals surface area contributed by atoms with Gasteiger partial charge in [0.15, 0.2) is 5.13 Å². The SMILES string of the molecule is CC1(C)C(C=C(Cl)Cl)C1C(=O)Nc1ncc([N+](=O)[O-])s1. The molecule has 0 spiro atoms. The highest BCUT2D eigenvalue weighted by molar-refractivity contribution is 7.18. The van der Waals surface area contributed by atoms with Crippen LogP contribution in [0.5, 0.6) is 0 Å². The number of amides is 1. The van der Waals surface area contributed by atoms with E-state index in [1.165, 1.54) is 0 Å². The minimum Gasteiger partial charge on any atom is -0.302 e. The Morgan fingerprint density at radius 1 is 1.60 bits per heavy atom. The molecule has 0 saturated heterocycles. The van der Waals surface area contributed by atoms with Gasteiger partial charge in [0.05, 0.1) is 10.8 Å². The molecule has 20 heavy (non-hydrogen) atoms. The molecule has 1 aliphatic rings. The average Bonchev–Trinajstić information content (AvgIpc) is 2.71. The van der Waals surface area contributed by atoms with Crippen molar-refractivity contribution in [3.63, 3.8) is 0 Å². The molecule has 1 aliphatic carbocycles. The van der Waals surface area contributed by atoms with Crippen molar-refractivity contribution >= 4 is 50.6 Å². The van der Waals surface area contributed by atoms with Gasteiger partial charge in [0, 0.05) is 0 Å². The highest BCUT2D eigenvalue weighted by Crippen LogP contribution is 2.60. The van der Waals surface area contributed by atoms with Crippen LogP contribution in [-0.2, 0) is 4.79 Å². The Bertz CT molecular complexity index is 595. The molecule has 2 unspecified atom stereocenters. The summed E-state index contributed by atoms with van der Waals surface area (Å²) in [6.07, 6.45) is 2.75. The molecule has 1 amide bonds. The van der Waals surface area contributed by atoms with Gasteiger partial charge in [-0.1, -0.05) is 37.0 Å². The Morgan fingerprint density at radius 3 is 2.75 bits per heavy atom. The fraction of sp³-hybridized carbons (Fsp3) is 0.455. The predicted molar refractivity (Wildman–Crippen MR) is 77.9 cm³/mol. The van der Waals surface area contributed by atoms with Gasteiger partial charge in [-0.2, -0.15) is 0 Å². The summed E-state index contributed by atoms with van der Waals surface area (Å²) in [7, 11) is 0. The minimum absolute atomic E-state index is 0.0533. The highest BCUT2D eigenvalue weighted by Gasteiger charge is 2.60. The predicted octanol–water partition coefficient (Wildman–Crippen LogP) is 3.58. The van der Waals surface area contributed by atoms with Crippen LogP contribution in [0.25, 0.3) is 0 Å². The number of aromatic nitrogens is 1. The van der Waals surface area contributed by atoms with Gasteiger partial charge in [0.1, 0.15) is 10.7 Å². The van der Waals surface area contributed by atoms with Crippen molar-refractivity contribution in [2.75, 3.05) is 5.32 Å². The number of carbonyl (C=O) groups is 1. The zero-order chi connectivity index (χ0) is 15.1. The number of nitrogens with one attached hydrogen (secondary N) is 1. The maximum atomic E-state index is 12.1. The van der Waals surface area contributed by atoms with Gasteiger partial charge in [-0.3, -0.25) is 14.9 Å². The number of anilines is 1. The first-order valence-corrected chi connectivity index (χ1v) is 7.24. The zero-order valence-corrected chi connectivity index (χ0v) is 12.9. The number of halogens is 2. The maximum Gasteiger partial charge on any atom is 0.345 e. The standard InChI is InChI=1S/C11H11Cl2N3O3S/c1-11(2)5(3-6(12)13)8(11)9(17)15-10-14-4-7(20-10)16(18)19/h3-5,8H,1-2H3,(H,14,15,17). The van der Waals surface area contributed by atoms with Crippen molar-refractivity contribution in [3.8, 4) is 0 Å². The summed E-state index contributed by atoms with van der Waals surface area (Å²) in [6.45, 7) is 3.86. The van der Waals surface area contributed by atoms with E-state index in [9.17, 15) is 14.9 Å². The number of thiazole rings is 1. The number of carbonyl (C=O) groups excluding carboxylic acids is 1. The van der Waals surface area contributed by atoms with Gasteiger partial charge >= 0.3 is 5.00 Å². The Morgan fingerprint density at radius 2 is 2.25 bits per heavy atom. The zero-order valence-electron chi connectivity index (χ0n) is 10.6. The number of hydrogen-bond donors (Lipinski definition) is 1. The van der Waals surface area contributed by atoms with E-state index >= 15 is 0 Å². The second-order valence-corrected chi connectivity index (χ2v) is 7.05. The summed E-state index contributed by atoms with van der Waals surface area (Å²) < 4.78 is 0.128. The molecule has 1 aromatic heterocycles. The minimum atomic E-state index is -0.548. The molecule has 108 valence electrons. The molecule has 0 radical (unpaired) electrons. The molecule has 1 aromatic rings. The van der Waals surface area contributed by atoms with Crippen molar-refractivity contribution in [3.05, 3.63) is 26.9 Å². The largest absolute Gasteiger partial charge is 0.345 e. The van der Waals surface area contributed by atoms with E-state index in [2.05, 4.69) is 10.3 Å². The quantitative estimate of drug-likeness (QED) is 0.673. The molecule has 9 heteroatoms. The molecular formula is C11H11Cl2N3O3S. The molecule has 0 aromatic carbocycles. The first-order chi connectivity index (χ1) is 9.23. The van der Waals surface area contributed by atoms with Crippen LogP contribution in [-0.4, -0.2) is 15.8 Å². The normalized spacial score (nSPS) is 23.0. The van der Waals surface area contributed by atoms with Crippen LogP contribution in [0.2, 0.25) is 0 Å². The van der Waals surface area contributed by atoms with Gasteiger partial charge in [-0.15, -0.1) is 0 Å². The Hall–Kier alpha value is -1.18. The first-order valence-electron chi connectivity index (χ1n) is 5.67. The van der Waals surface area contributed by atoms with E-state index in [-0.39, 0.29) is 37.8 Å². The van der Waals surface area contributed by atoms with Crippen molar-refractivity contribution in [1.29, 1.82) is 0 Å². The number of allylic oxidation sites excluding steroid dienone is 1. The molecule has 6 nitrogen and oxygen atoms in total. The summed E-state index contributed by atoms with van der Waals surface area (Å²) in [4.78, 5) is 25.9. The van der Waals surface area contributed by atoms with E-state index in [1.54, 1.807) is 6.08 Å². The van der Waals surface area contributed by atoms with Gasteiger partial charge < -0.3 is 5.32 Å². The van der Waals surface area contributed by atoms with E-state index < -0.39 is 4.92 Å². The van der Waals surface area contributed by atoms with Crippen molar-refractivity contribution in [2.24, 2.45) is 17.3 Å². The topological polar surface area (TPSA) is 85.1 Å². The van der Waals surface area contributed by atoms with Crippen LogP contribution in [0.15, 0.2) is 16.8 Å². The van der Waals surface area contributed by atoms with Crippen LogP contribution in [0, 0.1) is 27.4 Å². The number of hydrogen-bond acceptors (Lipinski definition) is 5. The highest BCUT2D eigenvalue weighted by atomic mass is 35.5. The molecule has 2 rings (SSSR count). The summed E-state index contributed by atoms with van der Waals surface area (Å²) in [5.41, 5.74) is -0.248. The van der Waals surface area contributed by atoms with Crippen LogP contribution >= 0.6 is 34.5 Å². The Kier molecular flexibility index (Phi) is 4.04. The van der Waals surface area contributed by atoms with E-state index in [0.717, 1.165) is 17.5 Å². The van der Waals surface area contributed by atoms with Crippen molar-refractivity contribution in [1.82, 2.24) is 4.98 Å². The molecule has 1 N–H and O–H groups in total. The third-order valence-electron chi connectivity index (χ3n) is 3.40. The van der Waals surface area contributed by atoms with Gasteiger partial charge in [-0.25, -0.2) is 4.98 Å².